The summed E-state index contributed by atoms with van der Waals surface area (Å²) in [5.41, 5.74) is 5.67. The van der Waals surface area contributed by atoms with Crippen molar-refractivity contribution in [1.82, 2.24) is 4.98 Å². The number of pyridine rings is 1. The van der Waals surface area contributed by atoms with E-state index in [1.54, 1.807) is 0 Å². The van der Waals surface area contributed by atoms with E-state index < -0.39 is 0 Å². The van der Waals surface area contributed by atoms with Crippen molar-refractivity contribution in [2.75, 3.05) is 0 Å². The summed E-state index contributed by atoms with van der Waals surface area (Å²) in [4.78, 5) is 9.50. The summed E-state index contributed by atoms with van der Waals surface area (Å²) < 4.78 is 0. The summed E-state index contributed by atoms with van der Waals surface area (Å²) in [6.45, 7) is 0. The Bertz CT molecular complexity index is 1340. The molecule has 0 fully saturated rings. The van der Waals surface area contributed by atoms with E-state index >= 15 is 0 Å². The SMILES string of the molecule is [Pt+2].[c-]1ccccc1-c1cccc(C=Nc2ccccc2-c2[c-]ccc3ccccc23)n1. The molecule has 0 aliphatic heterocycles. The van der Waals surface area contributed by atoms with Crippen LogP contribution in [-0.4, -0.2) is 11.2 Å². The van der Waals surface area contributed by atoms with E-state index in [2.05, 4.69) is 48.5 Å². The molecule has 31 heavy (non-hydrogen) atoms. The fourth-order valence-electron chi connectivity index (χ4n) is 3.54. The van der Waals surface area contributed by atoms with Gasteiger partial charge in [0.1, 0.15) is 0 Å². The fraction of sp³-hybridized carbons (Fsp3) is 0. The van der Waals surface area contributed by atoms with Crippen LogP contribution in [0.15, 0.2) is 108 Å². The van der Waals surface area contributed by atoms with Crippen LogP contribution >= 0.6 is 0 Å². The third-order valence-electron chi connectivity index (χ3n) is 4.99. The molecule has 0 saturated heterocycles. The Hall–Kier alpha value is -3.35. The number of aliphatic imine (C=N–C) groups is 1. The third-order valence-corrected chi connectivity index (χ3v) is 4.99. The smallest absolute Gasteiger partial charge is 0.295 e. The maximum absolute atomic E-state index is 4.78. The number of nitrogens with zero attached hydrogens (tertiary/aromatic N) is 2. The normalized spacial score (nSPS) is 10.8. The van der Waals surface area contributed by atoms with Gasteiger partial charge in [-0.1, -0.05) is 60.2 Å². The standard InChI is InChI=1S/C28H18N2.Pt/c1-2-11-22(12-3-1)27-19-9-14-23(30-27)20-29-28-18-7-6-16-26(28)25-17-8-13-21-10-4-5-15-24(21)25;/h1-11,13-16,18-20H;/q-2;+2. The van der Waals surface area contributed by atoms with Gasteiger partial charge in [0.15, 0.2) is 0 Å². The first-order valence-electron chi connectivity index (χ1n) is 9.85. The molecule has 5 rings (SSSR count). The molecular weight excluding hydrogens is 559 g/mol. The molecule has 0 bridgehead atoms. The molecule has 0 saturated carbocycles. The Balaban J connectivity index is 0.00000231. The summed E-state index contributed by atoms with van der Waals surface area (Å²) in [5.74, 6) is 0. The van der Waals surface area contributed by atoms with E-state index in [0.29, 0.717) is 0 Å². The molecule has 0 N–H and O–H groups in total. The average Bonchev–Trinajstić information content (AvgIpc) is 2.83. The Morgan fingerprint density at radius 1 is 0.710 bits per heavy atom. The predicted molar refractivity (Wildman–Crippen MR) is 124 cm³/mol. The number of fused-ring (bicyclic) bond motifs is 1. The molecule has 1 heterocycles. The minimum atomic E-state index is 0. The molecule has 0 spiro atoms. The van der Waals surface area contributed by atoms with Crippen LogP contribution in [0.4, 0.5) is 5.69 Å². The molecular formula is C28H18N2Pt. The van der Waals surface area contributed by atoms with Gasteiger partial charge in [-0.15, -0.1) is 70.4 Å². The minimum Gasteiger partial charge on any atom is -0.295 e. The average molecular weight is 578 g/mol. The van der Waals surface area contributed by atoms with Crippen LogP contribution in [0.25, 0.3) is 33.2 Å². The third kappa shape index (κ3) is 4.55. The summed E-state index contributed by atoms with van der Waals surface area (Å²) in [5, 5.41) is 2.36. The second-order valence-corrected chi connectivity index (χ2v) is 6.94. The van der Waals surface area contributed by atoms with Crippen LogP contribution in [0.1, 0.15) is 5.69 Å². The predicted octanol–water partition coefficient (Wildman–Crippen LogP) is 6.92. The van der Waals surface area contributed by atoms with Crippen LogP contribution in [-0.2, 0) is 21.1 Å². The first-order chi connectivity index (χ1) is 14.9. The zero-order valence-corrected chi connectivity index (χ0v) is 18.9. The van der Waals surface area contributed by atoms with Crippen molar-refractivity contribution < 1.29 is 21.1 Å². The van der Waals surface area contributed by atoms with Crippen LogP contribution in [0.5, 0.6) is 0 Å². The number of benzene rings is 4. The number of para-hydroxylation sites is 1. The van der Waals surface area contributed by atoms with E-state index in [4.69, 9.17) is 9.98 Å². The maximum Gasteiger partial charge on any atom is 2.00 e. The second kappa shape index (κ2) is 9.64. The molecule has 0 atom stereocenters. The van der Waals surface area contributed by atoms with Gasteiger partial charge in [-0.05, 0) is 17.8 Å². The Morgan fingerprint density at radius 3 is 2.45 bits per heavy atom. The van der Waals surface area contributed by atoms with Crippen molar-refractivity contribution in [3.8, 4) is 22.4 Å². The summed E-state index contributed by atoms with van der Waals surface area (Å²) >= 11 is 0. The summed E-state index contributed by atoms with van der Waals surface area (Å²) in [6.07, 6.45) is 1.82. The Kier molecular flexibility index (Phi) is 6.50. The number of rotatable bonds is 4. The van der Waals surface area contributed by atoms with E-state index in [1.807, 2.05) is 72.9 Å². The molecule has 0 amide bonds. The largest absolute Gasteiger partial charge is 2.00 e. The van der Waals surface area contributed by atoms with Crippen molar-refractivity contribution in [3.63, 3.8) is 0 Å². The van der Waals surface area contributed by atoms with Crippen molar-refractivity contribution >= 4 is 22.7 Å². The molecule has 0 aliphatic rings. The molecule has 0 unspecified atom stereocenters. The van der Waals surface area contributed by atoms with Gasteiger partial charge in [0.2, 0.25) is 0 Å². The number of aromatic nitrogens is 1. The van der Waals surface area contributed by atoms with Gasteiger partial charge in [0.05, 0.1) is 11.9 Å². The summed E-state index contributed by atoms with van der Waals surface area (Å²) in [6, 6.07) is 41.0. The maximum atomic E-state index is 4.78. The van der Waals surface area contributed by atoms with E-state index in [9.17, 15) is 0 Å². The van der Waals surface area contributed by atoms with Gasteiger partial charge in [0.25, 0.3) is 0 Å². The molecule has 4 aromatic carbocycles. The zero-order valence-electron chi connectivity index (χ0n) is 16.6. The molecule has 0 radical (unpaired) electrons. The van der Waals surface area contributed by atoms with Gasteiger partial charge < -0.3 is 0 Å². The van der Waals surface area contributed by atoms with Crippen LogP contribution < -0.4 is 0 Å². The first-order valence-corrected chi connectivity index (χ1v) is 9.85. The van der Waals surface area contributed by atoms with Crippen molar-refractivity contribution in [1.29, 1.82) is 0 Å². The van der Waals surface area contributed by atoms with Gasteiger partial charge >= 0.3 is 21.1 Å². The second-order valence-electron chi connectivity index (χ2n) is 6.94. The van der Waals surface area contributed by atoms with Gasteiger partial charge in [-0.2, -0.15) is 0 Å². The van der Waals surface area contributed by atoms with Crippen LogP contribution in [0.2, 0.25) is 0 Å². The van der Waals surface area contributed by atoms with Crippen LogP contribution in [0, 0.1) is 12.1 Å². The first kappa shape index (κ1) is 20.9. The fourth-order valence-corrected chi connectivity index (χ4v) is 3.54. The molecule has 5 aromatic rings. The molecule has 1 aromatic heterocycles. The van der Waals surface area contributed by atoms with Crippen LogP contribution in [0.3, 0.4) is 0 Å². The van der Waals surface area contributed by atoms with E-state index in [1.165, 1.54) is 10.8 Å². The summed E-state index contributed by atoms with van der Waals surface area (Å²) in [7, 11) is 0. The Morgan fingerprint density at radius 2 is 1.55 bits per heavy atom. The van der Waals surface area contributed by atoms with Gasteiger partial charge in [-0.25, -0.2) is 0 Å². The molecule has 150 valence electrons. The Labute approximate surface area is 196 Å². The molecule has 3 heteroatoms. The van der Waals surface area contributed by atoms with E-state index in [-0.39, 0.29) is 21.1 Å². The monoisotopic (exact) mass is 577 g/mol. The van der Waals surface area contributed by atoms with Crippen molar-refractivity contribution in [2.24, 2.45) is 4.99 Å². The minimum absolute atomic E-state index is 0. The van der Waals surface area contributed by atoms with Gasteiger partial charge in [0, 0.05) is 5.69 Å². The van der Waals surface area contributed by atoms with Crippen molar-refractivity contribution in [2.45, 2.75) is 0 Å². The van der Waals surface area contributed by atoms with Crippen molar-refractivity contribution in [3.05, 3.63) is 121 Å². The quantitative estimate of drug-likeness (QED) is 0.168. The topological polar surface area (TPSA) is 25.2 Å². The van der Waals surface area contributed by atoms with E-state index in [0.717, 1.165) is 33.8 Å². The zero-order chi connectivity index (χ0) is 20.2. The number of hydrogen-bond donors (Lipinski definition) is 0. The number of hydrogen-bond acceptors (Lipinski definition) is 2. The molecule has 0 aliphatic carbocycles. The van der Waals surface area contributed by atoms with Gasteiger partial charge in [-0.3, -0.25) is 9.98 Å². The molecule has 2 nitrogen and oxygen atoms in total.